The van der Waals surface area contributed by atoms with Gasteiger partial charge in [0.1, 0.15) is 11.5 Å². The van der Waals surface area contributed by atoms with Crippen molar-refractivity contribution < 1.29 is 14.6 Å². The van der Waals surface area contributed by atoms with E-state index in [1.165, 1.54) is 0 Å². The zero-order valence-electron chi connectivity index (χ0n) is 11.3. The van der Waals surface area contributed by atoms with E-state index in [4.69, 9.17) is 9.84 Å². The van der Waals surface area contributed by atoms with Crippen LogP contribution in [-0.4, -0.2) is 11.1 Å². The summed E-state index contributed by atoms with van der Waals surface area (Å²) in [6.07, 6.45) is 0.0224. The molecule has 3 aromatic carbocycles. The first-order valence-corrected chi connectivity index (χ1v) is 6.69. The molecule has 3 aromatic rings. The maximum absolute atomic E-state index is 10.7. The molecule has 0 saturated heterocycles. The van der Waals surface area contributed by atoms with Crippen LogP contribution in [0.3, 0.4) is 0 Å². The Labute approximate surface area is 122 Å². The number of carboxylic acids is 1. The van der Waals surface area contributed by atoms with Gasteiger partial charge in [0.2, 0.25) is 0 Å². The summed E-state index contributed by atoms with van der Waals surface area (Å²) in [7, 11) is 0. The van der Waals surface area contributed by atoms with Gasteiger partial charge in [-0.2, -0.15) is 0 Å². The first-order valence-electron chi connectivity index (χ1n) is 6.69. The van der Waals surface area contributed by atoms with Gasteiger partial charge >= 0.3 is 5.97 Å². The van der Waals surface area contributed by atoms with Gasteiger partial charge in [-0.1, -0.05) is 48.5 Å². The summed E-state index contributed by atoms with van der Waals surface area (Å²) in [4.78, 5) is 10.7. The Balaban J connectivity index is 1.87. The third-order valence-electron chi connectivity index (χ3n) is 3.26. The van der Waals surface area contributed by atoms with Gasteiger partial charge in [0.25, 0.3) is 0 Å². The molecule has 0 saturated carbocycles. The van der Waals surface area contributed by atoms with Crippen molar-refractivity contribution >= 4 is 16.7 Å². The summed E-state index contributed by atoms with van der Waals surface area (Å²) in [5.41, 5.74) is 0.757. The van der Waals surface area contributed by atoms with Crippen molar-refractivity contribution in [3.05, 3.63) is 72.3 Å². The Hall–Kier alpha value is -2.81. The lowest BCUT2D eigenvalue weighted by atomic mass is 10.1. The first-order chi connectivity index (χ1) is 10.2. The second-order valence-electron chi connectivity index (χ2n) is 4.79. The molecule has 0 aliphatic carbocycles. The predicted octanol–water partition coefficient (Wildman–Crippen LogP) is 4.26. The molecule has 0 radical (unpaired) electrons. The van der Waals surface area contributed by atoms with E-state index < -0.39 is 5.97 Å². The number of fused-ring (bicyclic) bond motifs is 1. The minimum atomic E-state index is -0.835. The standard InChI is InChI=1S/C18H14O3/c19-18(20)12-13-8-10-15(11-9-13)21-17-7-3-5-14-4-1-2-6-16(14)17/h1-11H,12H2,(H,19,20). The number of carboxylic acid groups (broad SMARTS) is 1. The Morgan fingerprint density at radius 3 is 2.38 bits per heavy atom. The van der Waals surface area contributed by atoms with E-state index >= 15 is 0 Å². The second-order valence-corrected chi connectivity index (χ2v) is 4.79. The third-order valence-corrected chi connectivity index (χ3v) is 3.26. The van der Waals surface area contributed by atoms with E-state index in [2.05, 4.69) is 0 Å². The minimum absolute atomic E-state index is 0.0224. The highest BCUT2D eigenvalue weighted by Gasteiger charge is 2.04. The van der Waals surface area contributed by atoms with Crippen molar-refractivity contribution in [2.45, 2.75) is 6.42 Å². The third kappa shape index (κ3) is 3.03. The van der Waals surface area contributed by atoms with E-state index in [0.29, 0.717) is 5.75 Å². The number of hydrogen-bond acceptors (Lipinski definition) is 2. The molecule has 0 aliphatic rings. The monoisotopic (exact) mass is 278 g/mol. The van der Waals surface area contributed by atoms with Gasteiger partial charge < -0.3 is 9.84 Å². The number of benzene rings is 3. The molecular formula is C18H14O3. The molecular weight excluding hydrogens is 264 g/mol. The van der Waals surface area contributed by atoms with Crippen molar-refractivity contribution in [2.24, 2.45) is 0 Å². The Morgan fingerprint density at radius 2 is 1.62 bits per heavy atom. The summed E-state index contributed by atoms with van der Waals surface area (Å²) in [6.45, 7) is 0. The summed E-state index contributed by atoms with van der Waals surface area (Å²) in [5.74, 6) is 0.650. The van der Waals surface area contributed by atoms with Gasteiger partial charge in [0.05, 0.1) is 6.42 Å². The average Bonchev–Trinajstić information content (AvgIpc) is 2.49. The van der Waals surface area contributed by atoms with Gasteiger partial charge in [-0.3, -0.25) is 4.79 Å². The molecule has 0 unspecified atom stereocenters. The van der Waals surface area contributed by atoms with Crippen LogP contribution in [0.4, 0.5) is 0 Å². The number of aliphatic carboxylic acids is 1. The topological polar surface area (TPSA) is 46.5 Å². The van der Waals surface area contributed by atoms with Crippen LogP contribution in [0.25, 0.3) is 10.8 Å². The van der Waals surface area contributed by atoms with Crippen molar-refractivity contribution in [1.29, 1.82) is 0 Å². The SMILES string of the molecule is O=C(O)Cc1ccc(Oc2cccc3ccccc23)cc1. The first kappa shape index (κ1) is 13.2. The van der Waals surface area contributed by atoms with Crippen LogP contribution in [0, 0.1) is 0 Å². The molecule has 0 aromatic heterocycles. The summed E-state index contributed by atoms with van der Waals surface area (Å²) < 4.78 is 5.90. The fourth-order valence-corrected chi connectivity index (χ4v) is 2.26. The molecule has 0 bridgehead atoms. The minimum Gasteiger partial charge on any atom is -0.481 e. The molecule has 3 heteroatoms. The molecule has 0 fully saturated rings. The van der Waals surface area contributed by atoms with Crippen molar-refractivity contribution in [2.75, 3.05) is 0 Å². The van der Waals surface area contributed by atoms with Gasteiger partial charge in [-0.25, -0.2) is 0 Å². The molecule has 0 heterocycles. The van der Waals surface area contributed by atoms with E-state index in [1.54, 1.807) is 24.3 Å². The maximum Gasteiger partial charge on any atom is 0.307 e. The fourth-order valence-electron chi connectivity index (χ4n) is 2.26. The molecule has 3 nitrogen and oxygen atoms in total. The van der Waals surface area contributed by atoms with Crippen molar-refractivity contribution in [1.82, 2.24) is 0 Å². The van der Waals surface area contributed by atoms with E-state index in [1.807, 2.05) is 42.5 Å². The van der Waals surface area contributed by atoms with Gasteiger partial charge in [-0.15, -0.1) is 0 Å². The molecule has 1 N–H and O–H groups in total. The lowest BCUT2D eigenvalue weighted by Gasteiger charge is -2.09. The lowest BCUT2D eigenvalue weighted by Crippen LogP contribution is -1.99. The Bertz CT molecular complexity index is 771. The molecule has 0 amide bonds. The number of carbonyl (C=O) groups is 1. The maximum atomic E-state index is 10.7. The fraction of sp³-hybridized carbons (Fsp3) is 0.0556. The molecule has 21 heavy (non-hydrogen) atoms. The molecule has 104 valence electrons. The highest BCUT2D eigenvalue weighted by molar-refractivity contribution is 5.88. The average molecular weight is 278 g/mol. The van der Waals surface area contributed by atoms with Crippen LogP contribution < -0.4 is 4.74 Å². The summed E-state index contributed by atoms with van der Waals surface area (Å²) in [5, 5.41) is 10.9. The number of hydrogen-bond donors (Lipinski definition) is 1. The summed E-state index contributed by atoms with van der Waals surface area (Å²) in [6, 6.07) is 21.1. The number of ether oxygens (including phenoxy) is 1. The van der Waals surface area contributed by atoms with Crippen LogP contribution in [0.15, 0.2) is 66.7 Å². The van der Waals surface area contributed by atoms with Crippen molar-refractivity contribution in [3.8, 4) is 11.5 Å². The molecule has 3 rings (SSSR count). The predicted molar refractivity (Wildman–Crippen MR) is 81.8 cm³/mol. The highest BCUT2D eigenvalue weighted by atomic mass is 16.5. The number of rotatable bonds is 4. The van der Waals surface area contributed by atoms with Crippen LogP contribution in [0.2, 0.25) is 0 Å². The van der Waals surface area contributed by atoms with E-state index in [9.17, 15) is 4.79 Å². The zero-order chi connectivity index (χ0) is 14.7. The lowest BCUT2D eigenvalue weighted by molar-refractivity contribution is -0.136. The van der Waals surface area contributed by atoms with E-state index in [-0.39, 0.29) is 6.42 Å². The van der Waals surface area contributed by atoms with Gasteiger partial charge in [0.15, 0.2) is 0 Å². The highest BCUT2D eigenvalue weighted by Crippen LogP contribution is 2.29. The molecule has 0 aliphatic heterocycles. The normalized spacial score (nSPS) is 10.5. The van der Waals surface area contributed by atoms with Crippen LogP contribution in [0.1, 0.15) is 5.56 Å². The Kier molecular flexibility index (Phi) is 3.56. The quantitative estimate of drug-likeness (QED) is 0.775. The van der Waals surface area contributed by atoms with Crippen LogP contribution in [0.5, 0.6) is 11.5 Å². The van der Waals surface area contributed by atoms with Crippen LogP contribution >= 0.6 is 0 Å². The van der Waals surface area contributed by atoms with Gasteiger partial charge in [0, 0.05) is 5.39 Å². The summed E-state index contributed by atoms with van der Waals surface area (Å²) >= 11 is 0. The van der Waals surface area contributed by atoms with E-state index in [0.717, 1.165) is 22.1 Å². The molecule has 0 atom stereocenters. The van der Waals surface area contributed by atoms with Gasteiger partial charge in [-0.05, 0) is 29.1 Å². The smallest absolute Gasteiger partial charge is 0.307 e. The largest absolute Gasteiger partial charge is 0.481 e. The van der Waals surface area contributed by atoms with Crippen LogP contribution in [-0.2, 0) is 11.2 Å². The van der Waals surface area contributed by atoms with Crippen molar-refractivity contribution in [3.63, 3.8) is 0 Å². The zero-order valence-corrected chi connectivity index (χ0v) is 11.3. The Morgan fingerprint density at radius 1 is 0.905 bits per heavy atom. The second kappa shape index (κ2) is 5.67. The molecule has 0 spiro atoms.